The van der Waals surface area contributed by atoms with E-state index in [4.69, 9.17) is 9.47 Å². The van der Waals surface area contributed by atoms with Gasteiger partial charge in [0.05, 0.1) is 7.11 Å². The summed E-state index contributed by atoms with van der Waals surface area (Å²) >= 11 is 0. The van der Waals surface area contributed by atoms with Crippen LogP contribution in [0.25, 0.3) is 0 Å². The molecular weight excluding hydrogens is 434 g/mol. The van der Waals surface area contributed by atoms with Gasteiger partial charge >= 0.3 is 11.8 Å². The Balaban J connectivity index is 1.45. The first-order valence-corrected chi connectivity index (χ1v) is 11.6. The van der Waals surface area contributed by atoms with E-state index in [-0.39, 0.29) is 11.3 Å². The fraction of sp³-hybridized carbons (Fsp3) is 0.423. The lowest BCUT2D eigenvalue weighted by Gasteiger charge is -2.38. The minimum atomic E-state index is -0.746. The molecule has 2 aromatic carbocycles. The number of nitrogens with zero attached hydrogens (tertiary/aromatic N) is 1. The third kappa shape index (κ3) is 4.92. The minimum Gasteiger partial charge on any atom is -0.496 e. The number of nitrogens with one attached hydrogen (secondary N) is 2. The van der Waals surface area contributed by atoms with Crippen LogP contribution in [-0.2, 0) is 24.5 Å². The summed E-state index contributed by atoms with van der Waals surface area (Å²) in [7, 11) is 1.63. The van der Waals surface area contributed by atoms with Crippen molar-refractivity contribution < 1.29 is 23.9 Å². The van der Waals surface area contributed by atoms with Crippen LogP contribution < -0.4 is 20.3 Å². The highest BCUT2D eigenvalue weighted by molar-refractivity contribution is 6.39. The summed E-state index contributed by atoms with van der Waals surface area (Å²) in [4.78, 5) is 39.3. The Morgan fingerprint density at radius 1 is 1.12 bits per heavy atom. The fourth-order valence-corrected chi connectivity index (χ4v) is 4.78. The Hall–Kier alpha value is -3.39. The number of para-hydroxylation sites is 1. The van der Waals surface area contributed by atoms with Crippen molar-refractivity contribution in [3.63, 3.8) is 0 Å². The first kappa shape index (κ1) is 23.8. The summed E-state index contributed by atoms with van der Waals surface area (Å²) in [6.45, 7) is 4.02. The molecule has 2 heterocycles. The molecule has 2 fully saturated rings. The van der Waals surface area contributed by atoms with Gasteiger partial charge in [0.15, 0.2) is 0 Å². The maximum Gasteiger partial charge on any atom is 0.313 e. The molecule has 180 valence electrons. The molecular formula is C26H31N3O5. The second-order valence-electron chi connectivity index (χ2n) is 8.88. The number of anilines is 2. The zero-order valence-corrected chi connectivity index (χ0v) is 19.7. The molecule has 2 N–H and O–H groups in total. The number of ether oxygens (including phenoxy) is 2. The first-order valence-electron chi connectivity index (χ1n) is 11.6. The summed E-state index contributed by atoms with van der Waals surface area (Å²) in [5, 5.41) is 5.50. The summed E-state index contributed by atoms with van der Waals surface area (Å²) in [6, 6.07) is 13.1. The molecule has 0 atom stereocenters. The molecule has 2 aromatic rings. The van der Waals surface area contributed by atoms with E-state index in [1.807, 2.05) is 37.3 Å². The van der Waals surface area contributed by atoms with Gasteiger partial charge in [-0.1, -0.05) is 24.3 Å². The number of carbonyl (C=O) groups is 3. The molecule has 2 aliphatic heterocycles. The lowest BCUT2D eigenvalue weighted by atomic mass is 9.73. The molecule has 34 heavy (non-hydrogen) atoms. The Morgan fingerprint density at radius 3 is 2.59 bits per heavy atom. The second kappa shape index (κ2) is 10.3. The molecule has 0 saturated carbocycles. The third-order valence-corrected chi connectivity index (χ3v) is 6.75. The number of amides is 3. The predicted molar refractivity (Wildman–Crippen MR) is 129 cm³/mol. The molecule has 3 amide bonds. The molecule has 0 aliphatic carbocycles. The van der Waals surface area contributed by atoms with Crippen LogP contribution in [0, 0.1) is 6.92 Å². The number of carbonyl (C=O) groups excluding carboxylic acids is 3. The van der Waals surface area contributed by atoms with Crippen LogP contribution in [0.2, 0.25) is 0 Å². The topological polar surface area (TPSA) is 97.0 Å². The van der Waals surface area contributed by atoms with Crippen molar-refractivity contribution in [3.05, 3.63) is 53.6 Å². The van der Waals surface area contributed by atoms with Gasteiger partial charge in [0.1, 0.15) is 5.75 Å². The molecule has 2 aliphatic rings. The van der Waals surface area contributed by atoms with Crippen LogP contribution in [0.4, 0.5) is 11.4 Å². The third-order valence-electron chi connectivity index (χ3n) is 6.75. The molecule has 8 heteroatoms. The standard InChI is InChI=1S/C26H31N3O5/c1-18-9-10-19(16-21(18)29-13-5-8-23(29)30)28-25(32)24(31)27-17-26(11-14-34-15-12-26)20-6-3-4-7-22(20)33-2/h3-4,6-7,9-10,16H,5,8,11-15,17H2,1-2H3,(H,27,31)(H,28,32). The smallest absolute Gasteiger partial charge is 0.313 e. The Bertz CT molecular complexity index is 1080. The lowest BCUT2D eigenvalue weighted by molar-refractivity contribution is -0.136. The molecule has 4 rings (SSSR count). The second-order valence-corrected chi connectivity index (χ2v) is 8.88. The van der Waals surface area contributed by atoms with Crippen molar-refractivity contribution in [2.24, 2.45) is 0 Å². The maximum absolute atomic E-state index is 12.7. The van der Waals surface area contributed by atoms with Crippen molar-refractivity contribution in [2.75, 3.05) is 43.6 Å². The Kier molecular flexibility index (Phi) is 7.17. The van der Waals surface area contributed by atoms with Gasteiger partial charge in [-0.3, -0.25) is 14.4 Å². The van der Waals surface area contributed by atoms with E-state index < -0.39 is 11.8 Å². The summed E-state index contributed by atoms with van der Waals surface area (Å²) in [5.74, 6) is -0.626. The summed E-state index contributed by atoms with van der Waals surface area (Å²) < 4.78 is 11.1. The van der Waals surface area contributed by atoms with Gasteiger partial charge in [-0.25, -0.2) is 0 Å². The fourth-order valence-electron chi connectivity index (χ4n) is 4.78. The van der Waals surface area contributed by atoms with Crippen molar-refractivity contribution in [1.29, 1.82) is 0 Å². The van der Waals surface area contributed by atoms with Gasteiger partial charge in [-0.15, -0.1) is 0 Å². The molecule has 2 saturated heterocycles. The largest absolute Gasteiger partial charge is 0.496 e. The van der Waals surface area contributed by atoms with Crippen molar-refractivity contribution in [2.45, 2.75) is 38.0 Å². The van der Waals surface area contributed by atoms with Gasteiger partial charge < -0.3 is 25.0 Å². The predicted octanol–water partition coefficient (Wildman–Crippen LogP) is 2.93. The summed E-state index contributed by atoms with van der Waals surface area (Å²) in [5.41, 5.74) is 2.80. The molecule has 0 unspecified atom stereocenters. The molecule has 0 bridgehead atoms. The van der Waals surface area contributed by atoms with Crippen LogP contribution >= 0.6 is 0 Å². The van der Waals surface area contributed by atoms with Gasteiger partial charge in [-0.05, 0) is 49.9 Å². The normalized spacial score (nSPS) is 17.4. The Morgan fingerprint density at radius 2 is 1.88 bits per heavy atom. The zero-order valence-electron chi connectivity index (χ0n) is 19.7. The van der Waals surface area contributed by atoms with E-state index >= 15 is 0 Å². The number of methoxy groups -OCH3 is 1. The summed E-state index contributed by atoms with van der Waals surface area (Å²) in [6.07, 6.45) is 2.76. The number of hydrogen-bond donors (Lipinski definition) is 2. The zero-order chi connectivity index (χ0) is 24.1. The van der Waals surface area contributed by atoms with Crippen LogP contribution in [0.3, 0.4) is 0 Å². The van der Waals surface area contributed by atoms with E-state index in [9.17, 15) is 14.4 Å². The number of aryl methyl sites for hydroxylation is 1. The molecule has 0 radical (unpaired) electrons. The van der Waals surface area contributed by atoms with Crippen LogP contribution in [0.1, 0.15) is 36.8 Å². The number of benzene rings is 2. The SMILES string of the molecule is COc1ccccc1C1(CNC(=O)C(=O)Nc2ccc(C)c(N3CCCC3=O)c2)CCOCC1. The van der Waals surface area contributed by atoms with Crippen LogP contribution in [0.5, 0.6) is 5.75 Å². The first-order chi connectivity index (χ1) is 16.4. The van der Waals surface area contributed by atoms with E-state index in [1.165, 1.54) is 0 Å². The monoisotopic (exact) mass is 465 g/mol. The quantitative estimate of drug-likeness (QED) is 0.640. The van der Waals surface area contributed by atoms with E-state index in [0.717, 1.165) is 29.0 Å². The van der Waals surface area contributed by atoms with Crippen molar-refractivity contribution in [1.82, 2.24) is 5.32 Å². The number of hydrogen-bond acceptors (Lipinski definition) is 5. The highest BCUT2D eigenvalue weighted by Crippen LogP contribution is 2.39. The van der Waals surface area contributed by atoms with Gasteiger partial charge in [0.2, 0.25) is 5.91 Å². The van der Waals surface area contributed by atoms with E-state index in [0.29, 0.717) is 51.3 Å². The average Bonchev–Trinajstić information content (AvgIpc) is 3.29. The highest BCUT2D eigenvalue weighted by atomic mass is 16.5. The number of rotatable bonds is 6. The average molecular weight is 466 g/mol. The Labute approximate surface area is 199 Å². The van der Waals surface area contributed by atoms with Crippen LogP contribution in [-0.4, -0.2) is 51.1 Å². The minimum absolute atomic E-state index is 0.0717. The van der Waals surface area contributed by atoms with E-state index in [1.54, 1.807) is 24.1 Å². The van der Waals surface area contributed by atoms with Crippen LogP contribution in [0.15, 0.2) is 42.5 Å². The molecule has 0 spiro atoms. The molecule has 8 nitrogen and oxygen atoms in total. The van der Waals surface area contributed by atoms with E-state index in [2.05, 4.69) is 10.6 Å². The highest BCUT2D eigenvalue weighted by Gasteiger charge is 2.37. The molecule has 0 aromatic heterocycles. The van der Waals surface area contributed by atoms with Crippen molar-refractivity contribution in [3.8, 4) is 5.75 Å². The van der Waals surface area contributed by atoms with Gasteiger partial charge in [0.25, 0.3) is 0 Å². The van der Waals surface area contributed by atoms with Gasteiger partial charge in [-0.2, -0.15) is 0 Å². The van der Waals surface area contributed by atoms with Gasteiger partial charge in [0, 0.05) is 55.1 Å². The van der Waals surface area contributed by atoms with Crippen molar-refractivity contribution >= 4 is 29.1 Å². The lowest BCUT2D eigenvalue weighted by Crippen LogP contribution is -2.47. The maximum atomic E-state index is 12.7.